The molecule has 0 spiro atoms. The number of hydrogen-bond acceptors (Lipinski definition) is 4. The molecule has 1 aromatic carbocycles. The lowest BCUT2D eigenvalue weighted by Crippen LogP contribution is -2.27. The van der Waals surface area contributed by atoms with E-state index in [2.05, 4.69) is 28.7 Å². The van der Waals surface area contributed by atoms with Crippen molar-refractivity contribution < 1.29 is 5.11 Å². The first-order chi connectivity index (χ1) is 9.63. The monoisotopic (exact) mass is 296 g/mol. The molecule has 1 fully saturated rings. The molecule has 0 amide bonds. The van der Waals surface area contributed by atoms with Gasteiger partial charge < -0.3 is 10.4 Å². The molecule has 1 unspecified atom stereocenters. The molecule has 0 aliphatic carbocycles. The van der Waals surface area contributed by atoms with Gasteiger partial charge in [0.05, 0.1) is 0 Å². The summed E-state index contributed by atoms with van der Waals surface area (Å²) in [5, 5.41) is 12.2. The van der Waals surface area contributed by atoms with Crippen molar-refractivity contribution in [3.8, 4) is 0 Å². The second-order valence-corrected chi connectivity index (χ2v) is 6.22. The molecular formula is C16H28N2OS. The molecule has 0 saturated carbocycles. The summed E-state index contributed by atoms with van der Waals surface area (Å²) >= 11 is 1.84. The highest BCUT2D eigenvalue weighted by atomic mass is 32.2. The van der Waals surface area contributed by atoms with Crippen LogP contribution in [-0.2, 0) is 0 Å². The molecule has 0 aromatic heterocycles. The molecular weight excluding hydrogens is 268 g/mol. The maximum atomic E-state index is 9.24. The van der Waals surface area contributed by atoms with Gasteiger partial charge in [0, 0.05) is 23.7 Å². The van der Waals surface area contributed by atoms with E-state index in [1.165, 1.54) is 30.8 Å². The molecule has 1 heterocycles. The van der Waals surface area contributed by atoms with E-state index in [4.69, 9.17) is 0 Å². The lowest BCUT2D eigenvalue weighted by Gasteiger charge is -2.28. The van der Waals surface area contributed by atoms with Crippen molar-refractivity contribution in [3.63, 3.8) is 0 Å². The number of rotatable bonds is 4. The maximum absolute atomic E-state index is 9.24. The number of piperidine rings is 1. The van der Waals surface area contributed by atoms with Gasteiger partial charge in [0.2, 0.25) is 0 Å². The number of nitrogens with zero attached hydrogens (tertiary/aromatic N) is 1. The highest BCUT2D eigenvalue weighted by Crippen LogP contribution is 2.28. The topological polar surface area (TPSA) is 35.5 Å². The maximum Gasteiger partial charge on any atom is 0.121 e. The summed E-state index contributed by atoms with van der Waals surface area (Å²) in [5.41, 5.74) is 0.960. The first kappa shape index (κ1) is 17.3. The summed E-state index contributed by atoms with van der Waals surface area (Å²) in [7, 11) is 0. The summed E-state index contributed by atoms with van der Waals surface area (Å²) < 4.78 is 2.44. The minimum absolute atomic E-state index is 0.507. The fourth-order valence-corrected chi connectivity index (χ4v) is 3.03. The van der Waals surface area contributed by atoms with Gasteiger partial charge in [-0.3, -0.25) is 0 Å². The van der Waals surface area contributed by atoms with Crippen molar-refractivity contribution >= 4 is 17.6 Å². The van der Waals surface area contributed by atoms with Crippen LogP contribution in [-0.4, -0.2) is 28.7 Å². The molecule has 1 saturated heterocycles. The van der Waals surface area contributed by atoms with Crippen molar-refractivity contribution in [2.75, 3.05) is 18.4 Å². The van der Waals surface area contributed by atoms with Crippen LogP contribution in [0, 0.1) is 5.92 Å². The van der Waals surface area contributed by atoms with Crippen LogP contribution in [0.4, 0.5) is 5.69 Å². The highest BCUT2D eigenvalue weighted by Gasteiger charge is 2.16. The molecule has 1 aliphatic rings. The van der Waals surface area contributed by atoms with Gasteiger partial charge in [-0.1, -0.05) is 20.8 Å². The van der Waals surface area contributed by atoms with Crippen LogP contribution in [0.2, 0.25) is 0 Å². The lowest BCUT2D eigenvalue weighted by molar-refractivity contribution is 0.224. The standard InChI is InChI=1S/C14H22N2OS.C2H6/c1-11-7-9-16(10-8-11)18-14-5-3-13(4-6-14)15-12(2)17;1-2/h3-6,11-12,15,17H,7-10H2,1-2H3;1-2H3. The van der Waals surface area contributed by atoms with Crippen LogP contribution in [0.25, 0.3) is 0 Å². The zero-order chi connectivity index (χ0) is 15.0. The molecule has 1 aliphatic heterocycles. The number of nitrogens with one attached hydrogen (secondary N) is 1. The van der Waals surface area contributed by atoms with Gasteiger partial charge in [0.25, 0.3) is 0 Å². The van der Waals surface area contributed by atoms with Gasteiger partial charge >= 0.3 is 0 Å². The zero-order valence-electron chi connectivity index (χ0n) is 13.1. The van der Waals surface area contributed by atoms with Crippen molar-refractivity contribution in [1.82, 2.24) is 4.31 Å². The van der Waals surface area contributed by atoms with Gasteiger partial charge in [0.1, 0.15) is 6.23 Å². The van der Waals surface area contributed by atoms with Crippen molar-refractivity contribution in [3.05, 3.63) is 24.3 Å². The molecule has 0 radical (unpaired) electrons. The molecule has 1 atom stereocenters. The number of aliphatic hydroxyl groups excluding tert-OH is 1. The van der Waals surface area contributed by atoms with Crippen LogP contribution < -0.4 is 5.32 Å². The summed E-state index contributed by atoms with van der Waals surface area (Å²) in [6, 6.07) is 8.24. The van der Waals surface area contributed by atoms with Crippen LogP contribution >= 0.6 is 11.9 Å². The average Bonchev–Trinajstić information content (AvgIpc) is 2.45. The van der Waals surface area contributed by atoms with E-state index in [-0.39, 0.29) is 0 Å². The van der Waals surface area contributed by atoms with E-state index in [0.717, 1.165) is 11.6 Å². The van der Waals surface area contributed by atoms with Crippen LogP contribution in [0.15, 0.2) is 29.2 Å². The molecule has 0 bridgehead atoms. The van der Waals surface area contributed by atoms with Gasteiger partial charge in [-0.25, -0.2) is 4.31 Å². The molecule has 2 rings (SSSR count). The lowest BCUT2D eigenvalue weighted by atomic mass is 10.0. The third-order valence-corrected chi connectivity index (χ3v) is 4.31. The van der Waals surface area contributed by atoms with E-state index < -0.39 is 6.23 Å². The fraction of sp³-hybridized carbons (Fsp3) is 0.625. The Morgan fingerprint density at radius 3 is 2.25 bits per heavy atom. The van der Waals surface area contributed by atoms with Crippen molar-refractivity contribution in [2.45, 2.75) is 51.7 Å². The third kappa shape index (κ3) is 6.16. The average molecular weight is 296 g/mol. The number of anilines is 1. The second kappa shape index (κ2) is 9.27. The van der Waals surface area contributed by atoms with E-state index in [1.54, 1.807) is 6.92 Å². The smallest absolute Gasteiger partial charge is 0.121 e. The minimum atomic E-state index is -0.507. The molecule has 114 valence electrons. The first-order valence-corrected chi connectivity index (χ1v) is 8.38. The molecule has 2 N–H and O–H groups in total. The van der Waals surface area contributed by atoms with E-state index >= 15 is 0 Å². The van der Waals surface area contributed by atoms with E-state index in [1.807, 2.05) is 37.9 Å². The Kier molecular flexibility index (Phi) is 8.04. The van der Waals surface area contributed by atoms with Crippen LogP contribution in [0.3, 0.4) is 0 Å². The summed E-state index contributed by atoms with van der Waals surface area (Å²) in [6.45, 7) is 10.4. The van der Waals surface area contributed by atoms with Crippen molar-refractivity contribution in [2.24, 2.45) is 5.92 Å². The summed E-state index contributed by atoms with van der Waals surface area (Å²) in [5.74, 6) is 0.875. The fourth-order valence-electron chi connectivity index (χ4n) is 2.08. The van der Waals surface area contributed by atoms with Gasteiger partial charge in [-0.2, -0.15) is 0 Å². The Morgan fingerprint density at radius 1 is 1.20 bits per heavy atom. The normalized spacial score (nSPS) is 18.1. The highest BCUT2D eigenvalue weighted by molar-refractivity contribution is 7.97. The second-order valence-electron chi connectivity index (χ2n) is 5.05. The Hall–Kier alpha value is -0.710. The predicted molar refractivity (Wildman–Crippen MR) is 88.9 cm³/mol. The van der Waals surface area contributed by atoms with Gasteiger partial charge in [-0.05, 0) is 61.9 Å². The number of aliphatic hydroxyl groups is 1. The van der Waals surface area contributed by atoms with E-state index in [9.17, 15) is 5.11 Å². The zero-order valence-corrected chi connectivity index (χ0v) is 13.9. The molecule has 3 nitrogen and oxygen atoms in total. The Morgan fingerprint density at radius 2 is 1.75 bits per heavy atom. The van der Waals surface area contributed by atoms with Gasteiger partial charge in [-0.15, -0.1) is 0 Å². The predicted octanol–water partition coefficient (Wildman–Crippen LogP) is 4.20. The summed E-state index contributed by atoms with van der Waals surface area (Å²) in [4.78, 5) is 1.26. The Balaban J connectivity index is 0.000000956. The van der Waals surface area contributed by atoms with Crippen LogP contribution in [0.1, 0.15) is 40.5 Å². The quantitative estimate of drug-likeness (QED) is 0.645. The Bertz CT molecular complexity index is 359. The number of hydrogen-bond donors (Lipinski definition) is 2. The van der Waals surface area contributed by atoms with Crippen molar-refractivity contribution in [1.29, 1.82) is 0 Å². The largest absolute Gasteiger partial charge is 0.374 e. The SMILES string of the molecule is CC.CC1CCN(Sc2ccc(NC(C)O)cc2)CC1. The minimum Gasteiger partial charge on any atom is -0.374 e. The van der Waals surface area contributed by atoms with E-state index in [0.29, 0.717) is 0 Å². The third-order valence-electron chi connectivity index (χ3n) is 3.21. The molecule has 1 aromatic rings. The van der Waals surface area contributed by atoms with Crippen LogP contribution in [0.5, 0.6) is 0 Å². The first-order valence-electron chi connectivity index (χ1n) is 7.61. The number of benzene rings is 1. The molecule has 4 heteroatoms. The molecule has 20 heavy (non-hydrogen) atoms. The van der Waals surface area contributed by atoms with Gasteiger partial charge in [0.15, 0.2) is 0 Å². The summed E-state index contributed by atoms with van der Waals surface area (Å²) in [6.07, 6.45) is 2.09. The Labute approximate surface area is 127 Å².